The van der Waals surface area contributed by atoms with Gasteiger partial charge in [-0.15, -0.1) is 0 Å². The third-order valence-corrected chi connectivity index (χ3v) is 5.03. The summed E-state index contributed by atoms with van der Waals surface area (Å²) in [5.41, 5.74) is 2.40. The predicted molar refractivity (Wildman–Crippen MR) is 101 cm³/mol. The van der Waals surface area contributed by atoms with E-state index in [9.17, 15) is 9.59 Å². The molecule has 0 heterocycles. The number of halogens is 1. The smallest absolute Gasteiger partial charge is 0.230 e. The number of amides is 2. The first-order chi connectivity index (χ1) is 12.0. The Kier molecular flexibility index (Phi) is 5.09. The van der Waals surface area contributed by atoms with Crippen molar-refractivity contribution < 1.29 is 9.59 Å². The molecule has 1 aliphatic rings. The van der Waals surface area contributed by atoms with Crippen molar-refractivity contribution in [1.29, 1.82) is 0 Å². The standard InChI is InChI=1S/C20H21ClN2O2/c1-3-23(14-8-5-4-6-9-14)20(25)16-12-15(16)19(24)22-18-11-7-10-17(21)13(18)2/h4-11,15-16H,3,12H2,1-2H3,(H,22,24). The third kappa shape index (κ3) is 3.69. The first-order valence-electron chi connectivity index (χ1n) is 8.45. The van der Waals surface area contributed by atoms with Gasteiger partial charge in [0.05, 0.1) is 11.8 Å². The van der Waals surface area contributed by atoms with E-state index in [2.05, 4.69) is 5.32 Å². The third-order valence-electron chi connectivity index (χ3n) is 4.62. The average molecular weight is 357 g/mol. The number of hydrogen-bond acceptors (Lipinski definition) is 2. The first kappa shape index (κ1) is 17.5. The maximum Gasteiger partial charge on any atom is 0.230 e. The van der Waals surface area contributed by atoms with Gasteiger partial charge < -0.3 is 10.2 Å². The molecule has 2 atom stereocenters. The lowest BCUT2D eigenvalue weighted by Crippen LogP contribution is -2.33. The molecule has 2 amide bonds. The van der Waals surface area contributed by atoms with Crippen molar-refractivity contribution in [2.75, 3.05) is 16.8 Å². The van der Waals surface area contributed by atoms with Crippen molar-refractivity contribution in [3.63, 3.8) is 0 Å². The highest BCUT2D eigenvalue weighted by Gasteiger charge is 2.49. The van der Waals surface area contributed by atoms with E-state index >= 15 is 0 Å². The molecule has 25 heavy (non-hydrogen) atoms. The van der Waals surface area contributed by atoms with Crippen LogP contribution in [-0.2, 0) is 9.59 Å². The van der Waals surface area contributed by atoms with E-state index < -0.39 is 0 Å². The summed E-state index contributed by atoms with van der Waals surface area (Å²) in [6.07, 6.45) is 0.591. The van der Waals surface area contributed by atoms with E-state index in [0.717, 1.165) is 11.3 Å². The van der Waals surface area contributed by atoms with Gasteiger partial charge >= 0.3 is 0 Å². The summed E-state index contributed by atoms with van der Waals surface area (Å²) < 4.78 is 0. The zero-order chi connectivity index (χ0) is 18.0. The van der Waals surface area contributed by atoms with Crippen LogP contribution < -0.4 is 10.2 Å². The second kappa shape index (κ2) is 7.28. The van der Waals surface area contributed by atoms with Crippen LogP contribution in [0.25, 0.3) is 0 Å². The summed E-state index contributed by atoms with van der Waals surface area (Å²) in [5, 5.41) is 3.51. The molecular weight excluding hydrogens is 336 g/mol. The van der Waals surface area contributed by atoms with Crippen LogP contribution in [0, 0.1) is 18.8 Å². The molecule has 4 nitrogen and oxygen atoms in total. The topological polar surface area (TPSA) is 49.4 Å². The highest BCUT2D eigenvalue weighted by atomic mass is 35.5. The molecule has 0 aliphatic heterocycles. The molecule has 1 N–H and O–H groups in total. The molecule has 1 fully saturated rings. The van der Waals surface area contributed by atoms with E-state index in [4.69, 9.17) is 11.6 Å². The minimum Gasteiger partial charge on any atom is -0.326 e. The Morgan fingerprint density at radius 2 is 1.84 bits per heavy atom. The van der Waals surface area contributed by atoms with Gasteiger partial charge in [-0.05, 0) is 50.1 Å². The Hall–Kier alpha value is -2.33. The van der Waals surface area contributed by atoms with E-state index in [1.165, 1.54) is 0 Å². The van der Waals surface area contributed by atoms with E-state index in [1.54, 1.807) is 17.0 Å². The molecule has 0 aromatic heterocycles. The van der Waals surface area contributed by atoms with Crippen LogP contribution in [0.2, 0.25) is 5.02 Å². The summed E-state index contributed by atoms with van der Waals surface area (Å²) >= 11 is 6.09. The van der Waals surface area contributed by atoms with Gasteiger partial charge in [0.25, 0.3) is 0 Å². The Morgan fingerprint density at radius 3 is 2.52 bits per heavy atom. The molecule has 5 heteroatoms. The van der Waals surface area contributed by atoms with E-state index in [1.807, 2.05) is 50.2 Å². The van der Waals surface area contributed by atoms with Crippen molar-refractivity contribution in [1.82, 2.24) is 0 Å². The molecule has 0 saturated heterocycles. The molecular formula is C20H21ClN2O2. The van der Waals surface area contributed by atoms with Crippen LogP contribution in [-0.4, -0.2) is 18.4 Å². The second-order valence-electron chi connectivity index (χ2n) is 6.27. The number of carbonyl (C=O) groups is 2. The molecule has 1 aliphatic carbocycles. The predicted octanol–water partition coefficient (Wildman–Crippen LogP) is 4.28. The van der Waals surface area contributed by atoms with E-state index in [0.29, 0.717) is 23.7 Å². The molecule has 0 spiro atoms. The molecule has 3 rings (SSSR count). The molecule has 0 radical (unpaired) electrons. The lowest BCUT2D eigenvalue weighted by atomic mass is 10.2. The number of hydrogen-bond donors (Lipinski definition) is 1. The maximum atomic E-state index is 12.8. The molecule has 130 valence electrons. The van der Waals surface area contributed by atoms with Gasteiger partial charge in [0, 0.05) is 22.9 Å². The lowest BCUT2D eigenvalue weighted by molar-refractivity contribution is -0.123. The Morgan fingerprint density at radius 1 is 1.12 bits per heavy atom. The Balaban J connectivity index is 1.66. The van der Waals surface area contributed by atoms with Gasteiger partial charge in [-0.2, -0.15) is 0 Å². The van der Waals surface area contributed by atoms with Gasteiger partial charge in [-0.3, -0.25) is 9.59 Å². The number of benzene rings is 2. The number of rotatable bonds is 5. The quantitative estimate of drug-likeness (QED) is 0.869. The number of para-hydroxylation sites is 1. The summed E-state index contributed by atoms with van der Waals surface area (Å²) in [5.74, 6) is -0.632. The zero-order valence-corrected chi connectivity index (χ0v) is 15.1. The normalized spacial score (nSPS) is 18.5. The van der Waals surface area contributed by atoms with Gasteiger partial charge in [0.2, 0.25) is 11.8 Å². The largest absolute Gasteiger partial charge is 0.326 e. The van der Waals surface area contributed by atoms with Crippen LogP contribution in [0.5, 0.6) is 0 Å². The Bertz CT molecular complexity index is 792. The van der Waals surface area contributed by atoms with Crippen LogP contribution in [0.3, 0.4) is 0 Å². The second-order valence-corrected chi connectivity index (χ2v) is 6.68. The van der Waals surface area contributed by atoms with E-state index in [-0.39, 0.29) is 23.7 Å². The molecule has 2 unspecified atom stereocenters. The van der Waals surface area contributed by atoms with Crippen molar-refractivity contribution in [2.45, 2.75) is 20.3 Å². The number of nitrogens with one attached hydrogen (secondary N) is 1. The van der Waals surface area contributed by atoms with Crippen LogP contribution in [0.1, 0.15) is 18.9 Å². The lowest BCUT2D eigenvalue weighted by Gasteiger charge is -2.21. The van der Waals surface area contributed by atoms with Crippen molar-refractivity contribution >= 4 is 34.8 Å². The molecule has 1 saturated carbocycles. The van der Waals surface area contributed by atoms with Crippen LogP contribution in [0.15, 0.2) is 48.5 Å². The number of anilines is 2. The van der Waals surface area contributed by atoms with Crippen molar-refractivity contribution in [2.24, 2.45) is 11.8 Å². The maximum absolute atomic E-state index is 12.8. The highest BCUT2D eigenvalue weighted by Crippen LogP contribution is 2.42. The molecule has 2 aromatic rings. The van der Waals surface area contributed by atoms with Crippen LogP contribution >= 0.6 is 11.6 Å². The average Bonchev–Trinajstić information content (AvgIpc) is 3.41. The summed E-state index contributed by atoms with van der Waals surface area (Å²) in [6.45, 7) is 4.39. The summed E-state index contributed by atoms with van der Waals surface area (Å²) in [6, 6.07) is 15.0. The number of nitrogens with zero attached hydrogens (tertiary/aromatic N) is 1. The minimum atomic E-state index is -0.274. The summed E-state index contributed by atoms with van der Waals surface area (Å²) in [4.78, 5) is 27.0. The molecule has 0 bridgehead atoms. The Labute approximate surface area is 152 Å². The van der Waals surface area contributed by atoms with Gasteiger partial charge in [-0.25, -0.2) is 0 Å². The fourth-order valence-corrected chi connectivity index (χ4v) is 3.17. The minimum absolute atomic E-state index is 0.0108. The molecule has 2 aromatic carbocycles. The first-order valence-corrected chi connectivity index (χ1v) is 8.83. The zero-order valence-electron chi connectivity index (χ0n) is 14.3. The SMILES string of the molecule is CCN(C(=O)C1CC1C(=O)Nc1cccc(Cl)c1C)c1ccccc1. The highest BCUT2D eigenvalue weighted by molar-refractivity contribution is 6.31. The monoisotopic (exact) mass is 356 g/mol. The van der Waals surface area contributed by atoms with Gasteiger partial charge in [-0.1, -0.05) is 35.9 Å². The van der Waals surface area contributed by atoms with Gasteiger partial charge in [0.1, 0.15) is 0 Å². The van der Waals surface area contributed by atoms with Crippen LogP contribution in [0.4, 0.5) is 11.4 Å². The van der Waals surface area contributed by atoms with Gasteiger partial charge in [0.15, 0.2) is 0 Å². The fourth-order valence-electron chi connectivity index (χ4n) is 3.00. The van der Waals surface area contributed by atoms with Crippen molar-refractivity contribution in [3.8, 4) is 0 Å². The number of carbonyl (C=O) groups excluding carboxylic acids is 2. The summed E-state index contributed by atoms with van der Waals surface area (Å²) in [7, 11) is 0. The van der Waals surface area contributed by atoms with Crippen molar-refractivity contribution in [3.05, 3.63) is 59.1 Å². The fraction of sp³-hybridized carbons (Fsp3) is 0.300.